The number of carboxylic acids is 1. The highest BCUT2D eigenvalue weighted by atomic mass is 16.5. The molecule has 1 N–H and O–H groups in total. The molecule has 1 amide bonds. The van der Waals surface area contributed by atoms with Crippen LogP contribution in [0.4, 0.5) is 0 Å². The molecule has 1 spiro atoms. The van der Waals surface area contributed by atoms with E-state index in [1.165, 1.54) is 0 Å². The summed E-state index contributed by atoms with van der Waals surface area (Å²) in [6.45, 7) is 5.24. The van der Waals surface area contributed by atoms with Gasteiger partial charge in [0.05, 0.1) is 18.6 Å². The van der Waals surface area contributed by atoms with E-state index in [-0.39, 0.29) is 5.91 Å². The average molecular weight is 251 g/mol. The molecule has 2 fully saturated rings. The van der Waals surface area contributed by atoms with Crippen molar-refractivity contribution in [1.29, 1.82) is 0 Å². The first-order valence-electron chi connectivity index (χ1n) is 6.33. The van der Waals surface area contributed by atoms with Crippen molar-refractivity contribution in [3.8, 4) is 0 Å². The lowest BCUT2D eigenvalue weighted by molar-refractivity contribution is -0.148. The van der Waals surface area contributed by atoms with Crippen molar-refractivity contribution in [3.63, 3.8) is 0 Å². The van der Waals surface area contributed by atoms with Gasteiger partial charge in [0.15, 0.2) is 0 Å². The van der Waals surface area contributed by atoms with Crippen LogP contribution in [0.2, 0.25) is 0 Å². The first-order valence-corrected chi connectivity index (χ1v) is 6.33. The maximum Gasteiger partial charge on any atom is 0.310 e. The van der Waals surface area contributed by atoms with Crippen molar-refractivity contribution < 1.29 is 19.4 Å². The van der Waals surface area contributed by atoms with Crippen LogP contribution in [0.3, 0.4) is 0 Å². The summed E-state index contributed by atoms with van der Waals surface area (Å²) in [6, 6.07) is 0. The highest BCUT2D eigenvalue weighted by molar-refractivity contribution is 5.90. The van der Waals surface area contributed by atoms with Crippen LogP contribution in [-0.4, -0.2) is 46.7 Å². The zero-order valence-electron chi connectivity index (χ0n) is 10.5. The summed E-state index contributed by atoms with van der Waals surface area (Å²) in [5.41, 5.74) is -0.681. The summed E-state index contributed by atoms with van der Waals surface area (Å²) in [6.07, 6.45) is 3.25. The number of amides is 1. The number of carbonyl (C=O) groups excluding carboxylic acids is 1. The Kier molecular flexibility index (Phi) is 2.32. The van der Waals surface area contributed by atoms with Crippen LogP contribution < -0.4 is 0 Å². The van der Waals surface area contributed by atoms with Gasteiger partial charge in [-0.15, -0.1) is 0 Å². The Balaban J connectivity index is 1.92. The Morgan fingerprint density at radius 2 is 2.39 bits per heavy atom. The van der Waals surface area contributed by atoms with Crippen molar-refractivity contribution >= 4 is 11.9 Å². The molecule has 0 aromatic carbocycles. The van der Waals surface area contributed by atoms with E-state index in [1.54, 1.807) is 11.0 Å². The molecule has 3 aliphatic rings. The number of hydrogen-bond acceptors (Lipinski definition) is 3. The topological polar surface area (TPSA) is 66.8 Å². The molecule has 3 rings (SSSR count). The summed E-state index contributed by atoms with van der Waals surface area (Å²) < 4.78 is 5.79. The number of carbonyl (C=O) groups is 2. The highest BCUT2D eigenvalue weighted by Gasteiger charge is 2.66. The minimum atomic E-state index is -0.934. The SMILES string of the molecule is CC(C)CN1C[C@]23C=C[C@@H](O2)[C@H](C(=O)O)[C@@H]3C1=O. The number of aliphatic carboxylic acids is 1. The van der Waals surface area contributed by atoms with Gasteiger partial charge in [0.2, 0.25) is 5.91 Å². The molecule has 3 aliphatic heterocycles. The number of fused-ring (bicyclic) bond motifs is 1. The van der Waals surface area contributed by atoms with Gasteiger partial charge in [0.25, 0.3) is 0 Å². The van der Waals surface area contributed by atoms with E-state index >= 15 is 0 Å². The van der Waals surface area contributed by atoms with E-state index in [4.69, 9.17) is 4.74 Å². The quantitative estimate of drug-likeness (QED) is 0.742. The van der Waals surface area contributed by atoms with Gasteiger partial charge in [-0.05, 0) is 5.92 Å². The van der Waals surface area contributed by atoms with Gasteiger partial charge in [-0.2, -0.15) is 0 Å². The third-order valence-corrected chi connectivity index (χ3v) is 4.05. The zero-order valence-corrected chi connectivity index (χ0v) is 10.5. The maximum atomic E-state index is 12.4. The van der Waals surface area contributed by atoms with E-state index in [9.17, 15) is 14.7 Å². The zero-order chi connectivity index (χ0) is 13.1. The predicted octanol–water partition coefficient (Wildman–Crippen LogP) is 0.509. The van der Waals surface area contributed by atoms with E-state index in [1.807, 2.05) is 19.9 Å². The van der Waals surface area contributed by atoms with Crippen molar-refractivity contribution in [2.45, 2.75) is 25.6 Å². The molecule has 2 bridgehead atoms. The second kappa shape index (κ2) is 3.57. The number of nitrogens with zero attached hydrogens (tertiary/aromatic N) is 1. The molecule has 3 heterocycles. The summed E-state index contributed by atoms with van der Waals surface area (Å²) >= 11 is 0. The summed E-state index contributed by atoms with van der Waals surface area (Å²) in [5, 5.41) is 9.28. The Morgan fingerprint density at radius 1 is 1.67 bits per heavy atom. The molecule has 5 heteroatoms. The fourth-order valence-electron chi connectivity index (χ4n) is 3.46. The van der Waals surface area contributed by atoms with Gasteiger partial charge in [-0.3, -0.25) is 9.59 Å². The second-order valence-corrected chi connectivity index (χ2v) is 5.85. The van der Waals surface area contributed by atoms with Gasteiger partial charge in [0.1, 0.15) is 11.5 Å². The monoisotopic (exact) mass is 251 g/mol. The fraction of sp³-hybridized carbons (Fsp3) is 0.692. The third-order valence-electron chi connectivity index (χ3n) is 4.05. The molecule has 0 radical (unpaired) electrons. The Bertz CT molecular complexity index is 444. The summed E-state index contributed by atoms with van der Waals surface area (Å²) in [4.78, 5) is 25.4. The summed E-state index contributed by atoms with van der Waals surface area (Å²) in [7, 11) is 0. The second-order valence-electron chi connectivity index (χ2n) is 5.85. The van der Waals surface area contributed by atoms with Crippen molar-refractivity contribution in [2.75, 3.05) is 13.1 Å². The van der Waals surface area contributed by atoms with Gasteiger partial charge in [0, 0.05) is 6.54 Å². The van der Waals surface area contributed by atoms with Crippen molar-refractivity contribution in [2.24, 2.45) is 17.8 Å². The molecule has 18 heavy (non-hydrogen) atoms. The van der Waals surface area contributed by atoms with E-state index in [0.717, 1.165) is 0 Å². The lowest BCUT2D eigenvalue weighted by Crippen LogP contribution is -2.39. The predicted molar refractivity (Wildman–Crippen MR) is 62.8 cm³/mol. The van der Waals surface area contributed by atoms with Gasteiger partial charge >= 0.3 is 5.97 Å². The summed E-state index contributed by atoms with van der Waals surface area (Å²) in [5.74, 6) is -1.89. The van der Waals surface area contributed by atoms with Gasteiger partial charge < -0.3 is 14.7 Å². The maximum absolute atomic E-state index is 12.4. The average Bonchev–Trinajstić information content (AvgIpc) is 2.87. The van der Waals surface area contributed by atoms with Crippen LogP contribution >= 0.6 is 0 Å². The van der Waals surface area contributed by atoms with Crippen molar-refractivity contribution in [3.05, 3.63) is 12.2 Å². The molecule has 0 saturated carbocycles. The standard InChI is InChI=1S/C13H17NO4/c1-7(2)5-14-6-13-4-3-8(18-13)9(12(16)17)10(13)11(14)15/h3-4,7-10H,5-6H2,1-2H3,(H,16,17)/t8-,9+,10-,13+/m1/s1. The molecule has 2 saturated heterocycles. The number of ether oxygens (including phenoxy) is 1. The van der Waals surface area contributed by atoms with E-state index < -0.39 is 29.5 Å². The molecule has 0 aromatic rings. The van der Waals surface area contributed by atoms with Crippen LogP contribution in [0.25, 0.3) is 0 Å². The molecule has 0 aromatic heterocycles. The fourth-order valence-corrected chi connectivity index (χ4v) is 3.46. The molecular weight excluding hydrogens is 234 g/mol. The number of rotatable bonds is 3. The van der Waals surface area contributed by atoms with E-state index in [2.05, 4.69) is 0 Å². The van der Waals surface area contributed by atoms with E-state index in [0.29, 0.717) is 19.0 Å². The molecule has 98 valence electrons. The Labute approximate surface area is 105 Å². The first kappa shape index (κ1) is 11.7. The minimum Gasteiger partial charge on any atom is -0.481 e. The minimum absolute atomic E-state index is 0.0667. The lowest BCUT2D eigenvalue weighted by Gasteiger charge is -2.22. The lowest BCUT2D eigenvalue weighted by atomic mass is 9.77. The van der Waals surface area contributed by atoms with Crippen LogP contribution in [0, 0.1) is 17.8 Å². The van der Waals surface area contributed by atoms with Gasteiger partial charge in [-0.25, -0.2) is 0 Å². The van der Waals surface area contributed by atoms with Crippen LogP contribution in [-0.2, 0) is 14.3 Å². The molecule has 0 aliphatic carbocycles. The smallest absolute Gasteiger partial charge is 0.310 e. The van der Waals surface area contributed by atoms with Gasteiger partial charge in [-0.1, -0.05) is 26.0 Å². The highest BCUT2D eigenvalue weighted by Crippen LogP contribution is 2.51. The Morgan fingerprint density at radius 3 is 3.00 bits per heavy atom. The number of likely N-dealkylation sites (tertiary alicyclic amines) is 1. The normalized spacial score (nSPS) is 40.9. The van der Waals surface area contributed by atoms with Crippen molar-refractivity contribution in [1.82, 2.24) is 4.90 Å². The third kappa shape index (κ3) is 1.37. The Hall–Kier alpha value is -1.36. The molecule has 4 atom stereocenters. The first-order chi connectivity index (χ1) is 8.44. The molecule has 0 unspecified atom stereocenters. The number of hydrogen-bond donors (Lipinski definition) is 1. The largest absolute Gasteiger partial charge is 0.481 e. The van der Waals surface area contributed by atoms with Crippen LogP contribution in [0.1, 0.15) is 13.8 Å². The van der Waals surface area contributed by atoms with Crippen LogP contribution in [0.15, 0.2) is 12.2 Å². The number of carboxylic acid groups (broad SMARTS) is 1. The van der Waals surface area contributed by atoms with Crippen LogP contribution in [0.5, 0.6) is 0 Å². The molecular formula is C13H17NO4. The molecule has 5 nitrogen and oxygen atoms in total.